The van der Waals surface area contributed by atoms with Gasteiger partial charge in [0.05, 0.1) is 0 Å². The summed E-state index contributed by atoms with van der Waals surface area (Å²) in [7, 11) is 0. The fourth-order valence-corrected chi connectivity index (χ4v) is 5.41. The average molecular weight is 471 g/mol. The second kappa shape index (κ2) is 23.0. The summed E-state index contributed by atoms with van der Waals surface area (Å²) < 4.78 is 3.30. The summed E-state index contributed by atoms with van der Waals surface area (Å²) in [5.74, 6) is -1.67. The fraction of sp³-hybridized carbons (Fsp3) is 0.857. The van der Waals surface area contributed by atoms with Crippen molar-refractivity contribution in [2.24, 2.45) is 0 Å². The maximum absolute atomic E-state index is 9.00. The molecule has 0 atom stereocenters. The van der Waals surface area contributed by atoms with Crippen molar-refractivity contribution in [3.05, 3.63) is 0 Å². The molecule has 0 heterocycles. The molecule has 0 aliphatic rings. The van der Waals surface area contributed by atoms with Crippen molar-refractivity contribution in [3.63, 3.8) is 0 Å². The molecule has 0 bridgehead atoms. The Morgan fingerprint density at radius 1 is 0.789 bits per heavy atom. The van der Waals surface area contributed by atoms with Crippen molar-refractivity contribution in [2.45, 2.75) is 74.5 Å². The van der Waals surface area contributed by atoms with E-state index < -0.39 is 11.9 Å². The maximum atomic E-state index is 9.00. The molecule has 0 spiro atoms. The van der Waals surface area contributed by atoms with Gasteiger partial charge in [-0.1, -0.05) is 0 Å². The first kappa shape index (κ1) is 23.9. The van der Waals surface area contributed by atoms with Crippen molar-refractivity contribution < 1.29 is 19.8 Å². The molecule has 0 aliphatic heterocycles. The van der Waals surface area contributed by atoms with Gasteiger partial charge in [0.1, 0.15) is 0 Å². The first-order valence-electron chi connectivity index (χ1n) is 6.90. The van der Waals surface area contributed by atoms with Crippen LogP contribution in [0.4, 0.5) is 0 Å². The Morgan fingerprint density at radius 3 is 1.26 bits per heavy atom. The molecule has 0 saturated heterocycles. The van der Waals surface area contributed by atoms with E-state index in [1.165, 1.54) is 25.7 Å². The predicted octanol–water partition coefficient (Wildman–Crippen LogP) is 4.09. The summed E-state index contributed by atoms with van der Waals surface area (Å²) in [6.07, 6.45) is 8.85. The molecule has 0 aromatic heterocycles. The summed E-state index contributed by atoms with van der Waals surface area (Å²) in [5.41, 5.74) is 0. The molecule has 0 saturated carbocycles. The number of carboxylic acid groups (broad SMARTS) is 2. The van der Waals surface area contributed by atoms with Crippen molar-refractivity contribution >= 4 is 35.2 Å². The van der Waals surface area contributed by atoms with E-state index in [0.717, 1.165) is 13.8 Å². The van der Waals surface area contributed by atoms with Gasteiger partial charge in [-0.2, -0.15) is 0 Å². The van der Waals surface area contributed by atoms with E-state index in [-0.39, 0.29) is 23.2 Å². The first-order chi connectivity index (χ1) is 8.88. The Labute approximate surface area is 129 Å². The quantitative estimate of drug-likeness (QED) is 0.413. The minimum atomic E-state index is -0.833. The summed E-state index contributed by atoms with van der Waals surface area (Å²) in [4.78, 5) is 18.0. The zero-order chi connectivity index (χ0) is 15.5. The van der Waals surface area contributed by atoms with Gasteiger partial charge in [0, 0.05) is 13.8 Å². The van der Waals surface area contributed by atoms with Gasteiger partial charge in [-0.25, -0.2) is 0 Å². The molecule has 1 radical (unpaired) electrons. The van der Waals surface area contributed by atoms with Gasteiger partial charge < -0.3 is 10.2 Å². The molecule has 19 heavy (non-hydrogen) atoms. The number of hydrogen-bond donors (Lipinski definition) is 2. The SMILES string of the molecule is CC(=O)O.CC(=O)O.CCCC[CH2][Bi][CH2]CCCC. The molecule has 0 unspecified atom stereocenters. The van der Waals surface area contributed by atoms with Crippen molar-refractivity contribution in [1.29, 1.82) is 0 Å². The average Bonchev–Trinajstić information content (AvgIpc) is 2.26. The van der Waals surface area contributed by atoms with E-state index in [4.69, 9.17) is 19.8 Å². The first-order valence-corrected chi connectivity index (χ1v) is 11.8. The number of carbonyl (C=O) groups is 2. The standard InChI is InChI=1S/2C5H11.2C2H4O2.Bi/c2*1-3-5-4-2;2*1-2(3)4;/h2*1,3-5H2,2H3;2*1H3,(H,3,4);. The van der Waals surface area contributed by atoms with Crippen LogP contribution in [-0.4, -0.2) is 45.4 Å². The van der Waals surface area contributed by atoms with Crippen LogP contribution in [0.15, 0.2) is 0 Å². The minimum absolute atomic E-state index is 0.0402. The van der Waals surface area contributed by atoms with E-state index in [1.807, 2.05) is 0 Å². The molecule has 0 amide bonds. The van der Waals surface area contributed by atoms with Crippen LogP contribution in [0, 0.1) is 0 Å². The van der Waals surface area contributed by atoms with Crippen molar-refractivity contribution in [3.8, 4) is 0 Å². The van der Waals surface area contributed by atoms with Crippen LogP contribution in [0.5, 0.6) is 0 Å². The van der Waals surface area contributed by atoms with Gasteiger partial charge in [0.25, 0.3) is 11.9 Å². The van der Waals surface area contributed by atoms with Gasteiger partial charge in [0.15, 0.2) is 0 Å². The second-order valence-electron chi connectivity index (χ2n) is 4.12. The molecular formula is C14H30BiO4. The molecule has 0 fully saturated rings. The van der Waals surface area contributed by atoms with E-state index in [9.17, 15) is 0 Å². The molecule has 0 aromatic rings. The van der Waals surface area contributed by atoms with Crippen LogP contribution in [0.2, 0.25) is 8.26 Å². The molecule has 2 N–H and O–H groups in total. The monoisotopic (exact) mass is 471 g/mol. The third-order valence-electron chi connectivity index (χ3n) is 1.84. The summed E-state index contributed by atoms with van der Waals surface area (Å²) in [6.45, 7) is 6.76. The zero-order valence-corrected chi connectivity index (χ0v) is 16.3. The van der Waals surface area contributed by atoms with E-state index >= 15 is 0 Å². The number of carboxylic acids is 2. The van der Waals surface area contributed by atoms with Crippen LogP contribution in [0.1, 0.15) is 66.2 Å². The van der Waals surface area contributed by atoms with Gasteiger partial charge in [-0.05, 0) is 0 Å². The number of aliphatic carboxylic acids is 2. The van der Waals surface area contributed by atoms with Crippen LogP contribution in [0.25, 0.3) is 0 Å². The van der Waals surface area contributed by atoms with Crippen LogP contribution < -0.4 is 0 Å². The molecule has 0 aromatic carbocycles. The Bertz CT molecular complexity index is 168. The zero-order valence-electron chi connectivity index (χ0n) is 12.8. The van der Waals surface area contributed by atoms with E-state index in [0.29, 0.717) is 0 Å². The second-order valence-corrected chi connectivity index (χ2v) is 9.34. The summed E-state index contributed by atoms with van der Waals surface area (Å²) in [5, 5.41) is 14.8. The molecule has 0 rings (SSSR count). The molecular weight excluding hydrogens is 441 g/mol. The van der Waals surface area contributed by atoms with Crippen LogP contribution in [-0.2, 0) is 9.59 Å². The van der Waals surface area contributed by atoms with Crippen molar-refractivity contribution in [2.75, 3.05) is 0 Å². The number of unbranched alkanes of at least 4 members (excludes halogenated alkanes) is 4. The molecule has 0 aliphatic carbocycles. The third kappa shape index (κ3) is 72.9. The Balaban J connectivity index is -0.000000264. The predicted molar refractivity (Wildman–Crippen MR) is 81.0 cm³/mol. The molecule has 4 nitrogen and oxygen atoms in total. The van der Waals surface area contributed by atoms with E-state index in [1.54, 1.807) is 21.1 Å². The fourth-order valence-electron chi connectivity index (χ4n) is 1.06. The normalized spacial score (nSPS) is 8.63. The van der Waals surface area contributed by atoms with Gasteiger partial charge in [-0.3, -0.25) is 9.59 Å². The molecule has 115 valence electrons. The Hall–Kier alpha value is -0.177. The Morgan fingerprint density at radius 2 is 1.05 bits per heavy atom. The summed E-state index contributed by atoms with van der Waals surface area (Å²) >= 11 is 0.0402. The number of hydrogen-bond acceptors (Lipinski definition) is 2. The summed E-state index contributed by atoms with van der Waals surface area (Å²) in [6, 6.07) is 0. The van der Waals surface area contributed by atoms with Crippen LogP contribution in [0.3, 0.4) is 0 Å². The van der Waals surface area contributed by atoms with E-state index in [2.05, 4.69) is 13.8 Å². The van der Waals surface area contributed by atoms with Gasteiger partial charge in [-0.15, -0.1) is 0 Å². The molecule has 5 heteroatoms. The third-order valence-corrected chi connectivity index (χ3v) is 6.76. The number of rotatable bonds is 8. The van der Waals surface area contributed by atoms with Crippen LogP contribution >= 0.6 is 0 Å². The van der Waals surface area contributed by atoms with Gasteiger partial charge in [0.2, 0.25) is 0 Å². The topological polar surface area (TPSA) is 74.6 Å². The van der Waals surface area contributed by atoms with Gasteiger partial charge >= 0.3 is 83.9 Å². The van der Waals surface area contributed by atoms with Crippen molar-refractivity contribution in [1.82, 2.24) is 0 Å². The Kier molecular flexibility index (Phi) is 28.9.